The molecule has 1 saturated heterocycles. The first-order valence-electron chi connectivity index (χ1n) is 10.3. The molecule has 30 heavy (non-hydrogen) atoms. The molecule has 0 aliphatic carbocycles. The minimum atomic E-state index is -0.0626. The summed E-state index contributed by atoms with van der Waals surface area (Å²) >= 11 is 1.45. The van der Waals surface area contributed by atoms with Crippen molar-refractivity contribution in [3.8, 4) is 10.6 Å². The summed E-state index contributed by atoms with van der Waals surface area (Å²) in [4.78, 5) is 33.9. The SMILES string of the molecule is CN(C)CC(C)(C)CNC(=O)C1CCN(C(=O)c2csc(-c3cnn(C)c3)n2)CC1. The van der Waals surface area contributed by atoms with Gasteiger partial charge in [-0.1, -0.05) is 13.8 Å². The summed E-state index contributed by atoms with van der Waals surface area (Å²) < 4.78 is 1.72. The molecule has 2 amide bonds. The number of aromatic nitrogens is 3. The fourth-order valence-electron chi connectivity index (χ4n) is 3.93. The van der Waals surface area contributed by atoms with Gasteiger partial charge in [-0.2, -0.15) is 5.10 Å². The smallest absolute Gasteiger partial charge is 0.273 e. The normalized spacial score (nSPS) is 15.6. The van der Waals surface area contributed by atoms with Gasteiger partial charge in [-0.05, 0) is 32.4 Å². The van der Waals surface area contributed by atoms with Gasteiger partial charge in [0, 0.05) is 56.3 Å². The van der Waals surface area contributed by atoms with E-state index < -0.39 is 0 Å². The molecule has 1 N–H and O–H groups in total. The summed E-state index contributed by atoms with van der Waals surface area (Å²) in [6.07, 6.45) is 5.00. The molecule has 0 atom stereocenters. The average Bonchev–Trinajstić information content (AvgIpc) is 3.34. The van der Waals surface area contributed by atoms with Crippen molar-refractivity contribution in [1.29, 1.82) is 0 Å². The maximum atomic E-state index is 12.8. The first-order chi connectivity index (χ1) is 14.1. The molecule has 0 unspecified atom stereocenters. The molecule has 0 spiro atoms. The standard InChI is InChI=1S/C21H32N6O2S/c1-21(2,14-25(3)4)13-22-18(28)15-6-8-27(9-7-15)20(29)17-12-30-19(24-17)16-10-23-26(5)11-16/h10-12,15H,6-9,13-14H2,1-5H3,(H,22,28). The number of amides is 2. The van der Waals surface area contributed by atoms with E-state index in [2.05, 4.69) is 34.1 Å². The van der Waals surface area contributed by atoms with E-state index in [1.165, 1.54) is 11.3 Å². The van der Waals surface area contributed by atoms with Gasteiger partial charge in [-0.25, -0.2) is 4.98 Å². The summed E-state index contributed by atoms with van der Waals surface area (Å²) in [5, 5.41) is 9.86. The van der Waals surface area contributed by atoms with Crippen molar-refractivity contribution in [1.82, 2.24) is 29.9 Å². The first-order valence-corrected chi connectivity index (χ1v) is 11.2. The third kappa shape index (κ3) is 5.66. The molecule has 1 aliphatic heterocycles. The zero-order valence-corrected chi connectivity index (χ0v) is 19.3. The number of hydrogen-bond acceptors (Lipinski definition) is 6. The number of likely N-dealkylation sites (tertiary alicyclic amines) is 1. The highest BCUT2D eigenvalue weighted by molar-refractivity contribution is 7.13. The zero-order chi connectivity index (χ0) is 21.9. The Labute approximate surface area is 182 Å². The van der Waals surface area contributed by atoms with Gasteiger partial charge in [-0.15, -0.1) is 11.3 Å². The van der Waals surface area contributed by atoms with Crippen LogP contribution in [0.4, 0.5) is 0 Å². The lowest BCUT2D eigenvalue weighted by Gasteiger charge is -2.32. The van der Waals surface area contributed by atoms with Crippen LogP contribution in [-0.4, -0.2) is 76.7 Å². The van der Waals surface area contributed by atoms with Crippen molar-refractivity contribution in [2.45, 2.75) is 26.7 Å². The molecule has 9 heteroatoms. The molecule has 0 radical (unpaired) electrons. The number of piperidine rings is 1. The molecule has 164 valence electrons. The van der Waals surface area contributed by atoms with Crippen LogP contribution in [0.25, 0.3) is 10.6 Å². The van der Waals surface area contributed by atoms with Gasteiger partial charge in [0.05, 0.1) is 6.20 Å². The number of nitrogens with one attached hydrogen (secondary N) is 1. The molecule has 0 saturated carbocycles. The largest absolute Gasteiger partial charge is 0.355 e. The van der Waals surface area contributed by atoms with E-state index in [0.717, 1.165) is 17.1 Å². The zero-order valence-electron chi connectivity index (χ0n) is 18.5. The Morgan fingerprint density at radius 1 is 1.30 bits per heavy atom. The van der Waals surface area contributed by atoms with E-state index in [1.807, 2.05) is 32.2 Å². The fourth-order valence-corrected chi connectivity index (χ4v) is 4.70. The van der Waals surface area contributed by atoms with Crippen LogP contribution in [0.1, 0.15) is 37.2 Å². The minimum Gasteiger partial charge on any atom is -0.355 e. The summed E-state index contributed by atoms with van der Waals surface area (Å²) in [6, 6.07) is 0. The van der Waals surface area contributed by atoms with Crippen molar-refractivity contribution in [2.24, 2.45) is 18.4 Å². The van der Waals surface area contributed by atoms with Crippen LogP contribution in [0.5, 0.6) is 0 Å². The number of aryl methyl sites for hydroxylation is 1. The molecule has 0 aromatic carbocycles. The van der Waals surface area contributed by atoms with E-state index in [-0.39, 0.29) is 23.1 Å². The van der Waals surface area contributed by atoms with E-state index in [0.29, 0.717) is 38.2 Å². The number of rotatable bonds is 7. The van der Waals surface area contributed by atoms with Gasteiger partial charge in [0.2, 0.25) is 5.91 Å². The highest BCUT2D eigenvalue weighted by Gasteiger charge is 2.30. The van der Waals surface area contributed by atoms with Crippen LogP contribution >= 0.6 is 11.3 Å². The maximum Gasteiger partial charge on any atom is 0.273 e. The highest BCUT2D eigenvalue weighted by Crippen LogP contribution is 2.25. The number of carbonyl (C=O) groups excluding carboxylic acids is 2. The molecule has 2 aromatic heterocycles. The van der Waals surface area contributed by atoms with Crippen LogP contribution in [0.3, 0.4) is 0 Å². The summed E-state index contributed by atoms with van der Waals surface area (Å²) in [7, 11) is 5.93. The fraction of sp³-hybridized carbons (Fsp3) is 0.619. The third-order valence-corrected chi connectivity index (χ3v) is 6.20. The second kappa shape index (κ2) is 9.26. The Hall–Kier alpha value is -2.26. The van der Waals surface area contributed by atoms with E-state index >= 15 is 0 Å². The molecule has 2 aromatic rings. The lowest BCUT2D eigenvalue weighted by atomic mass is 9.91. The summed E-state index contributed by atoms with van der Waals surface area (Å²) in [5.74, 6) is -0.000545. The van der Waals surface area contributed by atoms with E-state index in [1.54, 1.807) is 16.3 Å². The van der Waals surface area contributed by atoms with Crippen LogP contribution < -0.4 is 5.32 Å². The van der Waals surface area contributed by atoms with E-state index in [4.69, 9.17) is 0 Å². The van der Waals surface area contributed by atoms with Crippen molar-refractivity contribution >= 4 is 23.2 Å². The molecular weight excluding hydrogens is 400 g/mol. The van der Waals surface area contributed by atoms with Crippen molar-refractivity contribution in [3.05, 3.63) is 23.5 Å². The Morgan fingerprint density at radius 3 is 2.60 bits per heavy atom. The number of carbonyl (C=O) groups is 2. The molecule has 3 rings (SSSR count). The Balaban J connectivity index is 1.50. The monoisotopic (exact) mass is 432 g/mol. The van der Waals surface area contributed by atoms with Crippen LogP contribution in [0.15, 0.2) is 17.8 Å². The lowest BCUT2D eigenvalue weighted by molar-refractivity contribution is -0.126. The van der Waals surface area contributed by atoms with Crippen molar-refractivity contribution < 1.29 is 9.59 Å². The highest BCUT2D eigenvalue weighted by atomic mass is 32.1. The summed E-state index contributed by atoms with van der Waals surface area (Å²) in [5.41, 5.74) is 1.40. The quantitative estimate of drug-likeness (QED) is 0.724. The Kier molecular flexibility index (Phi) is 6.92. The Morgan fingerprint density at radius 2 is 2.00 bits per heavy atom. The molecule has 0 bridgehead atoms. The average molecular weight is 433 g/mol. The molecular formula is C21H32N6O2S. The number of nitrogens with zero attached hydrogens (tertiary/aromatic N) is 5. The second-order valence-corrected chi connectivity index (χ2v) is 9.98. The molecule has 3 heterocycles. The topological polar surface area (TPSA) is 83.4 Å². The Bertz CT molecular complexity index is 880. The summed E-state index contributed by atoms with van der Waals surface area (Å²) in [6.45, 7) is 7.04. The van der Waals surface area contributed by atoms with Crippen LogP contribution in [0, 0.1) is 11.3 Å². The third-order valence-electron chi connectivity index (χ3n) is 5.31. The molecule has 1 aliphatic rings. The predicted octanol–water partition coefficient (Wildman–Crippen LogP) is 2.10. The first kappa shape index (κ1) is 22.4. The molecule has 1 fully saturated rings. The van der Waals surface area contributed by atoms with Gasteiger partial charge in [-0.3, -0.25) is 14.3 Å². The number of thiazole rings is 1. The van der Waals surface area contributed by atoms with E-state index in [9.17, 15) is 9.59 Å². The van der Waals surface area contributed by atoms with Crippen molar-refractivity contribution in [2.75, 3.05) is 40.3 Å². The van der Waals surface area contributed by atoms with Crippen LogP contribution in [0.2, 0.25) is 0 Å². The predicted molar refractivity (Wildman–Crippen MR) is 118 cm³/mol. The van der Waals surface area contributed by atoms with Gasteiger partial charge < -0.3 is 15.1 Å². The molecule has 8 nitrogen and oxygen atoms in total. The minimum absolute atomic E-state index is 0.0203. The van der Waals surface area contributed by atoms with Gasteiger partial charge >= 0.3 is 0 Å². The maximum absolute atomic E-state index is 12.8. The van der Waals surface area contributed by atoms with Gasteiger partial charge in [0.25, 0.3) is 5.91 Å². The van der Waals surface area contributed by atoms with Gasteiger partial charge in [0.15, 0.2) is 0 Å². The van der Waals surface area contributed by atoms with Gasteiger partial charge in [0.1, 0.15) is 10.7 Å². The van der Waals surface area contributed by atoms with Crippen molar-refractivity contribution in [3.63, 3.8) is 0 Å². The van der Waals surface area contributed by atoms with Crippen LogP contribution in [-0.2, 0) is 11.8 Å². The number of hydrogen-bond donors (Lipinski definition) is 1. The second-order valence-electron chi connectivity index (χ2n) is 9.13. The lowest BCUT2D eigenvalue weighted by Crippen LogP contribution is -2.46.